The number of nitro benzene ring substituents is 1. The SMILES string of the molecule is COc1cc(CCN(C)CC2CCCCC2)c(Cl)cc1[N+](=O)[O-]. The van der Waals surface area contributed by atoms with Crippen LogP contribution in [0.5, 0.6) is 5.75 Å². The topological polar surface area (TPSA) is 55.6 Å². The van der Waals surface area contributed by atoms with E-state index in [9.17, 15) is 10.1 Å². The van der Waals surface area contributed by atoms with Crippen LogP contribution >= 0.6 is 11.6 Å². The van der Waals surface area contributed by atoms with Crippen molar-refractivity contribution in [2.75, 3.05) is 27.2 Å². The molecule has 0 aliphatic heterocycles. The maximum atomic E-state index is 11.0. The molecule has 6 heteroatoms. The number of nitrogens with zero attached hydrogens (tertiary/aromatic N) is 2. The van der Waals surface area contributed by atoms with Gasteiger partial charge in [0.2, 0.25) is 0 Å². The van der Waals surface area contributed by atoms with Crippen molar-refractivity contribution in [3.63, 3.8) is 0 Å². The summed E-state index contributed by atoms with van der Waals surface area (Å²) in [6, 6.07) is 3.08. The zero-order valence-electron chi connectivity index (χ0n) is 13.9. The van der Waals surface area contributed by atoms with Gasteiger partial charge in [-0.1, -0.05) is 30.9 Å². The highest BCUT2D eigenvalue weighted by Gasteiger charge is 2.19. The number of nitro groups is 1. The van der Waals surface area contributed by atoms with Gasteiger partial charge >= 0.3 is 5.69 Å². The lowest BCUT2D eigenvalue weighted by Crippen LogP contribution is -2.28. The molecule has 0 spiro atoms. The molecule has 0 aromatic heterocycles. The summed E-state index contributed by atoms with van der Waals surface area (Å²) in [4.78, 5) is 12.9. The quantitative estimate of drug-likeness (QED) is 0.548. The molecule has 0 N–H and O–H groups in total. The minimum Gasteiger partial charge on any atom is -0.490 e. The number of hydrogen-bond donors (Lipinski definition) is 0. The van der Waals surface area contributed by atoms with Gasteiger partial charge in [-0.15, -0.1) is 0 Å². The highest BCUT2D eigenvalue weighted by Crippen LogP contribution is 2.33. The predicted octanol–water partition coefficient (Wildman–Crippen LogP) is 4.31. The van der Waals surface area contributed by atoms with Gasteiger partial charge in [0.05, 0.1) is 17.1 Å². The average Bonchev–Trinajstić information content (AvgIpc) is 2.54. The first kappa shape index (κ1) is 18.0. The van der Waals surface area contributed by atoms with Gasteiger partial charge in [0.15, 0.2) is 5.75 Å². The van der Waals surface area contributed by atoms with Gasteiger partial charge in [0.25, 0.3) is 0 Å². The normalized spacial score (nSPS) is 15.8. The number of likely N-dealkylation sites (N-methyl/N-ethyl adjacent to an activating group) is 1. The zero-order valence-corrected chi connectivity index (χ0v) is 14.6. The van der Waals surface area contributed by atoms with E-state index in [2.05, 4.69) is 11.9 Å². The van der Waals surface area contributed by atoms with E-state index >= 15 is 0 Å². The summed E-state index contributed by atoms with van der Waals surface area (Å²) in [6.45, 7) is 2.00. The first-order valence-corrected chi connectivity index (χ1v) is 8.58. The average molecular weight is 341 g/mol. The van der Waals surface area contributed by atoms with Crippen LogP contribution in [0.1, 0.15) is 37.7 Å². The van der Waals surface area contributed by atoms with E-state index in [1.807, 2.05) is 0 Å². The van der Waals surface area contributed by atoms with Crippen molar-refractivity contribution < 1.29 is 9.66 Å². The Morgan fingerprint density at radius 1 is 1.35 bits per heavy atom. The third-order valence-electron chi connectivity index (χ3n) is 4.60. The van der Waals surface area contributed by atoms with Crippen LogP contribution in [0.25, 0.3) is 0 Å². The first-order valence-electron chi connectivity index (χ1n) is 8.20. The standard InChI is InChI=1S/C17H25ClN2O3/c1-19(12-13-6-4-3-5-7-13)9-8-14-10-17(23-2)16(20(21)22)11-15(14)18/h10-11,13H,3-9,12H2,1-2H3. The van der Waals surface area contributed by atoms with Crippen LogP contribution in [0.2, 0.25) is 5.02 Å². The monoisotopic (exact) mass is 340 g/mol. The highest BCUT2D eigenvalue weighted by molar-refractivity contribution is 6.31. The minimum atomic E-state index is -0.469. The van der Waals surface area contributed by atoms with Gasteiger partial charge in [-0.25, -0.2) is 0 Å². The fourth-order valence-corrected chi connectivity index (χ4v) is 3.55. The highest BCUT2D eigenvalue weighted by atomic mass is 35.5. The third kappa shape index (κ3) is 5.08. The molecule has 2 rings (SSSR count). The molecule has 0 bridgehead atoms. The Hall–Kier alpha value is -1.33. The molecule has 0 atom stereocenters. The van der Waals surface area contributed by atoms with Crippen molar-refractivity contribution in [3.05, 3.63) is 32.8 Å². The van der Waals surface area contributed by atoms with Crippen LogP contribution in [-0.2, 0) is 6.42 Å². The lowest BCUT2D eigenvalue weighted by atomic mass is 9.89. The Bertz CT molecular complexity index is 545. The zero-order chi connectivity index (χ0) is 16.8. The summed E-state index contributed by atoms with van der Waals surface area (Å²) < 4.78 is 5.12. The summed E-state index contributed by atoms with van der Waals surface area (Å²) in [5.41, 5.74) is 0.807. The Morgan fingerprint density at radius 2 is 2.04 bits per heavy atom. The van der Waals surface area contributed by atoms with E-state index in [4.69, 9.17) is 16.3 Å². The second-order valence-corrected chi connectivity index (χ2v) is 6.80. The van der Waals surface area contributed by atoms with E-state index in [1.54, 1.807) is 6.07 Å². The molecule has 128 valence electrons. The van der Waals surface area contributed by atoms with Crippen LogP contribution in [0, 0.1) is 16.0 Å². The smallest absolute Gasteiger partial charge is 0.312 e. The molecule has 0 heterocycles. The van der Waals surface area contributed by atoms with Gasteiger partial charge in [0, 0.05) is 19.2 Å². The first-order chi connectivity index (χ1) is 11.0. The number of hydrogen-bond acceptors (Lipinski definition) is 4. The molecular formula is C17H25ClN2O3. The maximum absolute atomic E-state index is 11.0. The fraction of sp³-hybridized carbons (Fsp3) is 0.647. The molecule has 0 unspecified atom stereocenters. The molecule has 1 aliphatic carbocycles. The second kappa shape index (κ2) is 8.50. The van der Waals surface area contributed by atoms with Crippen molar-refractivity contribution in [1.29, 1.82) is 0 Å². The summed E-state index contributed by atoms with van der Waals surface area (Å²) in [5.74, 6) is 1.07. The number of benzene rings is 1. The summed E-state index contributed by atoms with van der Waals surface area (Å²) in [7, 11) is 3.57. The van der Waals surface area contributed by atoms with Crippen molar-refractivity contribution in [2.24, 2.45) is 5.92 Å². The number of halogens is 1. The lowest BCUT2D eigenvalue weighted by Gasteiger charge is -2.27. The molecule has 5 nitrogen and oxygen atoms in total. The molecule has 23 heavy (non-hydrogen) atoms. The Kier molecular flexibility index (Phi) is 6.66. The number of methoxy groups -OCH3 is 1. The number of rotatable bonds is 7. The van der Waals surface area contributed by atoms with Gasteiger partial charge in [0.1, 0.15) is 0 Å². The van der Waals surface area contributed by atoms with Crippen LogP contribution in [-0.4, -0.2) is 37.1 Å². The summed E-state index contributed by atoms with van der Waals surface area (Å²) in [6.07, 6.45) is 7.50. The fourth-order valence-electron chi connectivity index (χ4n) is 3.30. The molecule has 0 radical (unpaired) electrons. The third-order valence-corrected chi connectivity index (χ3v) is 4.95. The van der Waals surface area contributed by atoms with Crippen LogP contribution in [0.3, 0.4) is 0 Å². The maximum Gasteiger partial charge on any atom is 0.312 e. The molecule has 1 aliphatic rings. The summed E-state index contributed by atoms with van der Waals surface area (Å²) >= 11 is 6.20. The molecule has 1 fully saturated rings. The van der Waals surface area contributed by atoms with E-state index in [1.165, 1.54) is 45.3 Å². The van der Waals surface area contributed by atoms with Crippen molar-refractivity contribution in [1.82, 2.24) is 4.90 Å². The van der Waals surface area contributed by atoms with Gasteiger partial charge in [-0.05, 0) is 43.9 Å². The summed E-state index contributed by atoms with van der Waals surface area (Å²) in [5, 5.41) is 11.4. The Labute approximate surface area is 142 Å². The van der Waals surface area contributed by atoms with E-state index in [0.717, 1.165) is 31.0 Å². The van der Waals surface area contributed by atoms with E-state index in [0.29, 0.717) is 5.02 Å². The molecule has 1 aromatic carbocycles. The van der Waals surface area contributed by atoms with Crippen LogP contribution in [0.4, 0.5) is 5.69 Å². The van der Waals surface area contributed by atoms with Crippen LogP contribution in [0.15, 0.2) is 12.1 Å². The molecular weight excluding hydrogens is 316 g/mol. The Morgan fingerprint density at radius 3 is 2.65 bits per heavy atom. The molecule has 0 amide bonds. The number of ether oxygens (including phenoxy) is 1. The largest absolute Gasteiger partial charge is 0.490 e. The van der Waals surface area contributed by atoms with Crippen molar-refractivity contribution >= 4 is 17.3 Å². The van der Waals surface area contributed by atoms with Crippen LogP contribution < -0.4 is 4.74 Å². The van der Waals surface area contributed by atoms with Crippen molar-refractivity contribution in [2.45, 2.75) is 38.5 Å². The van der Waals surface area contributed by atoms with Crippen molar-refractivity contribution in [3.8, 4) is 5.75 Å². The second-order valence-electron chi connectivity index (χ2n) is 6.39. The van der Waals surface area contributed by atoms with Gasteiger partial charge < -0.3 is 9.64 Å². The van der Waals surface area contributed by atoms with E-state index < -0.39 is 4.92 Å². The minimum absolute atomic E-state index is 0.0863. The molecule has 1 aromatic rings. The molecule has 1 saturated carbocycles. The van der Waals surface area contributed by atoms with Gasteiger partial charge in [-0.3, -0.25) is 10.1 Å². The lowest BCUT2D eigenvalue weighted by molar-refractivity contribution is -0.385. The Balaban J connectivity index is 1.95. The predicted molar refractivity (Wildman–Crippen MR) is 92.4 cm³/mol. The van der Waals surface area contributed by atoms with E-state index in [-0.39, 0.29) is 11.4 Å². The van der Waals surface area contributed by atoms with Gasteiger partial charge in [-0.2, -0.15) is 0 Å². The molecule has 0 saturated heterocycles.